The lowest BCUT2D eigenvalue weighted by molar-refractivity contribution is 0.103. The molecule has 0 aliphatic carbocycles. The normalized spacial score (nSPS) is 9.06. The van der Waals surface area contributed by atoms with Crippen LogP contribution in [0.3, 0.4) is 0 Å². The minimum Gasteiger partial charge on any atom is -0.323 e. The lowest BCUT2D eigenvalue weighted by Crippen LogP contribution is -1.99. The monoisotopic (exact) mass is 454 g/mol. The molecule has 4 rings (SSSR count). The number of benzene rings is 4. The zero-order valence-corrected chi connectivity index (χ0v) is 20.4. The number of hydrogen-bond donors (Lipinski definition) is 2. The van der Waals surface area contributed by atoms with Gasteiger partial charge in [0.1, 0.15) is 0 Å². The smallest absolute Gasteiger partial charge is 0.193 e. The van der Waals surface area contributed by atoms with Gasteiger partial charge in [-0.25, -0.2) is 0 Å². The second kappa shape index (κ2) is 17.7. The molecule has 0 aliphatic heterocycles. The van der Waals surface area contributed by atoms with Crippen LogP contribution in [0.2, 0.25) is 0 Å². The van der Waals surface area contributed by atoms with E-state index in [-0.39, 0.29) is 11.6 Å². The maximum atomic E-state index is 11.8. The fraction of sp³-hybridized carbons (Fsp3) is 0.133. The molecule has 4 aromatic rings. The van der Waals surface area contributed by atoms with Gasteiger partial charge in [0.25, 0.3) is 0 Å². The molecule has 0 saturated carbocycles. The molecule has 4 aromatic carbocycles. The van der Waals surface area contributed by atoms with Crippen LogP contribution in [0.4, 0.5) is 0 Å². The Morgan fingerprint density at radius 1 is 0.382 bits per heavy atom. The van der Waals surface area contributed by atoms with Crippen molar-refractivity contribution in [3.8, 4) is 0 Å². The Labute approximate surface area is 203 Å². The topological polar surface area (TPSA) is 58.2 Å². The van der Waals surface area contributed by atoms with E-state index in [9.17, 15) is 9.59 Å². The van der Waals surface area contributed by atoms with Gasteiger partial charge < -0.3 is 10.6 Å². The molecule has 0 aromatic heterocycles. The van der Waals surface area contributed by atoms with E-state index >= 15 is 0 Å². The van der Waals surface area contributed by atoms with Crippen molar-refractivity contribution in [3.63, 3.8) is 0 Å². The van der Waals surface area contributed by atoms with Crippen LogP contribution in [-0.2, 0) is 0 Å². The molecule has 0 saturated heterocycles. The molecule has 0 bridgehead atoms. The average molecular weight is 455 g/mol. The first-order valence-electron chi connectivity index (χ1n) is 11.1. The third-order valence-corrected chi connectivity index (χ3v) is 4.14. The van der Waals surface area contributed by atoms with E-state index in [1.807, 2.05) is 150 Å². The summed E-state index contributed by atoms with van der Waals surface area (Å²) < 4.78 is 0. The number of ketones is 2. The summed E-state index contributed by atoms with van der Waals surface area (Å²) in [6.45, 7) is 0. The van der Waals surface area contributed by atoms with Gasteiger partial charge in [-0.15, -0.1) is 0 Å². The van der Waals surface area contributed by atoms with Gasteiger partial charge >= 0.3 is 0 Å². The number of nitrogens with one attached hydrogen (secondary N) is 2. The van der Waals surface area contributed by atoms with Crippen molar-refractivity contribution in [2.75, 3.05) is 28.2 Å². The first-order valence-corrected chi connectivity index (χ1v) is 11.1. The Morgan fingerprint density at radius 2 is 0.529 bits per heavy atom. The predicted molar refractivity (Wildman–Crippen MR) is 143 cm³/mol. The quantitative estimate of drug-likeness (QED) is 0.400. The summed E-state index contributed by atoms with van der Waals surface area (Å²) in [6.07, 6.45) is 0. The van der Waals surface area contributed by atoms with Crippen LogP contribution >= 0.6 is 0 Å². The highest BCUT2D eigenvalue weighted by atomic mass is 16.1. The number of hydrogen-bond acceptors (Lipinski definition) is 4. The lowest BCUT2D eigenvalue weighted by atomic mass is 10.0. The Kier molecular flexibility index (Phi) is 14.6. The maximum absolute atomic E-state index is 11.8. The van der Waals surface area contributed by atoms with Crippen LogP contribution in [0.15, 0.2) is 121 Å². The Balaban J connectivity index is 0.000000277. The number of carbonyl (C=O) groups is 2. The molecule has 0 unspecified atom stereocenters. The van der Waals surface area contributed by atoms with Gasteiger partial charge in [-0.3, -0.25) is 9.59 Å². The third kappa shape index (κ3) is 10.6. The lowest BCUT2D eigenvalue weighted by Gasteiger charge is -1.99. The highest BCUT2D eigenvalue weighted by molar-refractivity contribution is 6.09. The molecule has 0 radical (unpaired) electrons. The van der Waals surface area contributed by atoms with Crippen LogP contribution in [-0.4, -0.2) is 39.8 Å². The fourth-order valence-electron chi connectivity index (χ4n) is 2.69. The Hall–Kier alpha value is -3.86. The average Bonchev–Trinajstić information content (AvgIpc) is 2.91. The van der Waals surface area contributed by atoms with Crippen molar-refractivity contribution in [3.05, 3.63) is 144 Å². The van der Waals surface area contributed by atoms with Gasteiger partial charge in [-0.2, -0.15) is 0 Å². The largest absolute Gasteiger partial charge is 0.323 e. The molecular weight excluding hydrogens is 420 g/mol. The minimum atomic E-state index is 0.0752. The SMILES string of the molecule is CNC.CNC.O=C(c1ccccc1)c1ccccc1.O=C(c1ccccc1)c1ccccc1. The highest BCUT2D eigenvalue weighted by Gasteiger charge is 2.07. The summed E-state index contributed by atoms with van der Waals surface area (Å²) in [5, 5.41) is 5.50. The van der Waals surface area contributed by atoms with Gasteiger partial charge in [0.05, 0.1) is 0 Å². The van der Waals surface area contributed by atoms with E-state index < -0.39 is 0 Å². The van der Waals surface area contributed by atoms with E-state index in [0.29, 0.717) is 0 Å². The summed E-state index contributed by atoms with van der Waals surface area (Å²) in [4.78, 5) is 23.7. The first kappa shape index (κ1) is 28.2. The highest BCUT2D eigenvalue weighted by Crippen LogP contribution is 2.09. The molecule has 0 amide bonds. The maximum Gasteiger partial charge on any atom is 0.193 e. The molecule has 0 atom stereocenters. The van der Waals surface area contributed by atoms with Crippen molar-refractivity contribution in [1.29, 1.82) is 0 Å². The molecule has 0 heterocycles. The molecule has 0 aliphatic rings. The van der Waals surface area contributed by atoms with Crippen LogP contribution in [0.5, 0.6) is 0 Å². The van der Waals surface area contributed by atoms with Crippen molar-refractivity contribution >= 4 is 11.6 Å². The Bertz CT molecular complexity index is 880. The van der Waals surface area contributed by atoms with Gasteiger partial charge in [-0.1, -0.05) is 121 Å². The van der Waals surface area contributed by atoms with Crippen molar-refractivity contribution < 1.29 is 9.59 Å². The molecule has 0 fully saturated rings. The van der Waals surface area contributed by atoms with Gasteiger partial charge in [0.2, 0.25) is 0 Å². The summed E-state index contributed by atoms with van der Waals surface area (Å²) in [5.74, 6) is 0.150. The van der Waals surface area contributed by atoms with E-state index in [0.717, 1.165) is 22.3 Å². The Morgan fingerprint density at radius 3 is 0.676 bits per heavy atom. The zero-order valence-electron chi connectivity index (χ0n) is 20.4. The second-order valence-corrected chi connectivity index (χ2v) is 7.12. The predicted octanol–water partition coefficient (Wildman–Crippen LogP) is 5.51. The van der Waals surface area contributed by atoms with E-state index in [1.54, 1.807) is 0 Å². The minimum absolute atomic E-state index is 0.0752. The second-order valence-electron chi connectivity index (χ2n) is 7.12. The third-order valence-electron chi connectivity index (χ3n) is 4.14. The standard InChI is InChI=1S/2C13H10O.2C2H7N/c2*14-13(11-7-3-1-4-8-11)12-9-5-2-6-10-12;2*1-3-2/h2*1-10H;2*3H,1-2H3. The van der Waals surface area contributed by atoms with Crippen LogP contribution in [0.1, 0.15) is 31.8 Å². The number of rotatable bonds is 4. The van der Waals surface area contributed by atoms with Crippen molar-refractivity contribution in [1.82, 2.24) is 10.6 Å². The van der Waals surface area contributed by atoms with Gasteiger partial charge in [0.15, 0.2) is 11.6 Å². The van der Waals surface area contributed by atoms with Crippen molar-refractivity contribution in [2.45, 2.75) is 0 Å². The summed E-state index contributed by atoms with van der Waals surface area (Å²) in [5.41, 5.74) is 2.94. The molecule has 2 N–H and O–H groups in total. The molecule has 34 heavy (non-hydrogen) atoms. The van der Waals surface area contributed by atoms with Gasteiger partial charge in [-0.05, 0) is 28.2 Å². The van der Waals surface area contributed by atoms with Crippen LogP contribution < -0.4 is 10.6 Å². The van der Waals surface area contributed by atoms with Crippen LogP contribution in [0.25, 0.3) is 0 Å². The summed E-state index contributed by atoms with van der Waals surface area (Å²) in [7, 11) is 7.50. The molecule has 176 valence electrons. The zero-order chi connectivity index (χ0) is 25.0. The molecular formula is C30H34N2O2. The summed E-state index contributed by atoms with van der Waals surface area (Å²) >= 11 is 0. The number of carbonyl (C=O) groups excluding carboxylic acids is 2. The van der Waals surface area contributed by atoms with E-state index in [2.05, 4.69) is 10.6 Å². The molecule has 4 heteroatoms. The van der Waals surface area contributed by atoms with Crippen molar-refractivity contribution in [2.24, 2.45) is 0 Å². The van der Waals surface area contributed by atoms with E-state index in [4.69, 9.17) is 0 Å². The summed E-state index contributed by atoms with van der Waals surface area (Å²) in [6, 6.07) is 37.2. The van der Waals surface area contributed by atoms with Crippen LogP contribution in [0, 0.1) is 0 Å². The van der Waals surface area contributed by atoms with E-state index in [1.165, 1.54) is 0 Å². The first-order chi connectivity index (χ1) is 16.6. The molecule has 4 nitrogen and oxygen atoms in total. The van der Waals surface area contributed by atoms with Gasteiger partial charge in [0, 0.05) is 22.3 Å². The molecule has 0 spiro atoms. The fourth-order valence-corrected chi connectivity index (χ4v) is 2.69.